The zero-order chi connectivity index (χ0) is 13.0. The summed E-state index contributed by atoms with van der Waals surface area (Å²) in [6.07, 6.45) is 2.24. The van der Waals surface area contributed by atoms with Crippen LogP contribution in [0.25, 0.3) is 0 Å². The number of nitrogens with two attached hydrogens (primary N) is 1. The van der Waals surface area contributed by atoms with Crippen molar-refractivity contribution in [2.24, 2.45) is 5.73 Å². The Labute approximate surface area is 109 Å². The SMILES string of the molecule is Cc1cc2c(cc1CN(C)CCCCN)OCO2. The molecule has 4 nitrogen and oxygen atoms in total. The van der Waals surface area contributed by atoms with Gasteiger partial charge in [-0.25, -0.2) is 0 Å². The lowest BCUT2D eigenvalue weighted by atomic mass is 10.1. The molecular weight excluding hydrogens is 228 g/mol. The Bertz CT molecular complexity index is 407. The van der Waals surface area contributed by atoms with Gasteiger partial charge in [0.2, 0.25) is 6.79 Å². The summed E-state index contributed by atoms with van der Waals surface area (Å²) < 4.78 is 10.8. The normalized spacial score (nSPS) is 13.3. The van der Waals surface area contributed by atoms with Crippen molar-refractivity contribution in [3.8, 4) is 11.5 Å². The Morgan fingerprint density at radius 3 is 2.67 bits per heavy atom. The highest BCUT2D eigenvalue weighted by atomic mass is 16.7. The number of aryl methyl sites for hydroxylation is 1. The number of unbranched alkanes of at least 4 members (excludes halogenated alkanes) is 1. The highest BCUT2D eigenvalue weighted by Crippen LogP contribution is 2.34. The number of rotatable bonds is 6. The number of hydrogen-bond donors (Lipinski definition) is 1. The molecule has 1 aliphatic rings. The molecule has 0 aliphatic carbocycles. The summed E-state index contributed by atoms with van der Waals surface area (Å²) in [5, 5.41) is 0. The van der Waals surface area contributed by atoms with Gasteiger partial charge in [-0.2, -0.15) is 0 Å². The molecule has 2 N–H and O–H groups in total. The molecule has 0 bridgehead atoms. The van der Waals surface area contributed by atoms with E-state index in [0.29, 0.717) is 6.79 Å². The number of nitrogens with zero attached hydrogens (tertiary/aromatic N) is 1. The number of ether oxygens (including phenoxy) is 2. The quantitative estimate of drug-likeness (QED) is 0.783. The molecule has 0 radical (unpaired) electrons. The summed E-state index contributed by atoms with van der Waals surface area (Å²) >= 11 is 0. The molecule has 0 unspecified atom stereocenters. The zero-order valence-corrected chi connectivity index (χ0v) is 11.2. The van der Waals surface area contributed by atoms with Crippen LogP contribution in [0.2, 0.25) is 0 Å². The van der Waals surface area contributed by atoms with Crippen molar-refractivity contribution in [2.45, 2.75) is 26.3 Å². The van der Waals surface area contributed by atoms with E-state index < -0.39 is 0 Å². The summed E-state index contributed by atoms with van der Waals surface area (Å²) in [4.78, 5) is 2.32. The summed E-state index contributed by atoms with van der Waals surface area (Å²) in [6, 6.07) is 4.16. The predicted molar refractivity (Wildman–Crippen MR) is 71.9 cm³/mol. The van der Waals surface area contributed by atoms with Crippen molar-refractivity contribution in [2.75, 3.05) is 26.9 Å². The van der Waals surface area contributed by atoms with Gasteiger partial charge in [-0.15, -0.1) is 0 Å². The number of hydrogen-bond acceptors (Lipinski definition) is 4. The van der Waals surface area contributed by atoms with Crippen molar-refractivity contribution in [3.05, 3.63) is 23.3 Å². The van der Waals surface area contributed by atoms with Gasteiger partial charge in [0.05, 0.1) is 0 Å². The van der Waals surface area contributed by atoms with E-state index in [0.717, 1.165) is 44.0 Å². The van der Waals surface area contributed by atoms with Crippen LogP contribution in [0.15, 0.2) is 12.1 Å². The molecule has 0 saturated heterocycles. The Morgan fingerprint density at radius 2 is 1.94 bits per heavy atom. The van der Waals surface area contributed by atoms with Gasteiger partial charge in [0.1, 0.15) is 0 Å². The van der Waals surface area contributed by atoms with Gasteiger partial charge in [-0.3, -0.25) is 0 Å². The minimum atomic E-state index is 0.338. The van der Waals surface area contributed by atoms with Crippen LogP contribution in [0.1, 0.15) is 24.0 Å². The first-order chi connectivity index (χ1) is 8.70. The molecule has 1 aliphatic heterocycles. The van der Waals surface area contributed by atoms with Crippen molar-refractivity contribution < 1.29 is 9.47 Å². The summed E-state index contributed by atoms with van der Waals surface area (Å²) in [7, 11) is 2.14. The molecule has 4 heteroatoms. The van der Waals surface area contributed by atoms with Crippen LogP contribution in [0.3, 0.4) is 0 Å². The van der Waals surface area contributed by atoms with Crippen molar-refractivity contribution >= 4 is 0 Å². The van der Waals surface area contributed by atoms with E-state index in [2.05, 4.69) is 31.0 Å². The fraction of sp³-hybridized carbons (Fsp3) is 0.571. The highest BCUT2D eigenvalue weighted by molar-refractivity contribution is 5.48. The monoisotopic (exact) mass is 250 g/mol. The molecule has 2 rings (SSSR count). The van der Waals surface area contributed by atoms with Gasteiger partial charge in [0.15, 0.2) is 11.5 Å². The number of fused-ring (bicyclic) bond motifs is 1. The fourth-order valence-electron chi connectivity index (χ4n) is 2.15. The Balaban J connectivity index is 1.96. The molecule has 1 aromatic rings. The molecule has 1 heterocycles. The molecule has 0 atom stereocenters. The van der Waals surface area contributed by atoms with E-state index in [-0.39, 0.29) is 0 Å². The molecule has 0 amide bonds. The largest absolute Gasteiger partial charge is 0.454 e. The third-order valence-electron chi connectivity index (χ3n) is 3.27. The molecule has 0 spiro atoms. The second-order valence-corrected chi connectivity index (χ2v) is 4.87. The second kappa shape index (κ2) is 6.07. The van der Waals surface area contributed by atoms with Gasteiger partial charge in [0, 0.05) is 6.54 Å². The topological polar surface area (TPSA) is 47.7 Å². The summed E-state index contributed by atoms with van der Waals surface area (Å²) in [5.74, 6) is 1.73. The van der Waals surface area contributed by atoms with Crippen LogP contribution >= 0.6 is 0 Å². The Kier molecular flexibility index (Phi) is 4.44. The summed E-state index contributed by atoms with van der Waals surface area (Å²) in [6.45, 7) is 5.24. The lowest BCUT2D eigenvalue weighted by Crippen LogP contribution is -2.20. The van der Waals surface area contributed by atoms with Gasteiger partial charge in [0.25, 0.3) is 0 Å². The molecule has 18 heavy (non-hydrogen) atoms. The number of benzene rings is 1. The predicted octanol–water partition coefficient (Wildman–Crippen LogP) is 1.89. The third-order valence-corrected chi connectivity index (χ3v) is 3.27. The van der Waals surface area contributed by atoms with Crippen LogP contribution < -0.4 is 15.2 Å². The molecule has 0 fully saturated rings. The first-order valence-electron chi connectivity index (χ1n) is 6.48. The van der Waals surface area contributed by atoms with Gasteiger partial charge < -0.3 is 20.1 Å². The van der Waals surface area contributed by atoms with Crippen LogP contribution in [0.5, 0.6) is 11.5 Å². The van der Waals surface area contributed by atoms with E-state index in [1.165, 1.54) is 11.1 Å². The Hall–Kier alpha value is -1.26. The molecular formula is C14H22N2O2. The van der Waals surface area contributed by atoms with E-state index >= 15 is 0 Å². The van der Waals surface area contributed by atoms with E-state index in [1.54, 1.807) is 0 Å². The zero-order valence-electron chi connectivity index (χ0n) is 11.2. The van der Waals surface area contributed by atoms with Crippen molar-refractivity contribution in [1.29, 1.82) is 0 Å². The van der Waals surface area contributed by atoms with E-state index in [4.69, 9.17) is 15.2 Å². The van der Waals surface area contributed by atoms with Gasteiger partial charge in [-0.1, -0.05) is 0 Å². The molecule has 0 saturated carbocycles. The lowest BCUT2D eigenvalue weighted by molar-refractivity contribution is 0.174. The minimum absolute atomic E-state index is 0.338. The van der Waals surface area contributed by atoms with E-state index in [1.807, 2.05) is 0 Å². The maximum atomic E-state index is 5.50. The van der Waals surface area contributed by atoms with Crippen LogP contribution in [-0.2, 0) is 6.54 Å². The van der Waals surface area contributed by atoms with Crippen molar-refractivity contribution in [3.63, 3.8) is 0 Å². The third kappa shape index (κ3) is 3.15. The van der Waals surface area contributed by atoms with Crippen LogP contribution in [-0.4, -0.2) is 31.8 Å². The lowest BCUT2D eigenvalue weighted by Gasteiger charge is -2.18. The smallest absolute Gasteiger partial charge is 0.231 e. The van der Waals surface area contributed by atoms with Gasteiger partial charge in [-0.05, 0) is 63.2 Å². The second-order valence-electron chi connectivity index (χ2n) is 4.87. The molecule has 1 aromatic carbocycles. The highest BCUT2D eigenvalue weighted by Gasteiger charge is 2.16. The average molecular weight is 250 g/mol. The maximum Gasteiger partial charge on any atom is 0.231 e. The first-order valence-corrected chi connectivity index (χ1v) is 6.48. The standard InChI is InChI=1S/C14H22N2O2/c1-11-7-13-14(18-10-17-13)8-12(11)9-16(2)6-4-3-5-15/h7-8H,3-6,9-10,15H2,1-2H3. The minimum Gasteiger partial charge on any atom is -0.454 e. The first kappa shape index (κ1) is 13.2. The summed E-state index contributed by atoms with van der Waals surface area (Å²) in [5.41, 5.74) is 8.06. The Morgan fingerprint density at radius 1 is 1.22 bits per heavy atom. The van der Waals surface area contributed by atoms with E-state index in [9.17, 15) is 0 Å². The fourth-order valence-corrected chi connectivity index (χ4v) is 2.15. The maximum absolute atomic E-state index is 5.50. The average Bonchev–Trinajstić information content (AvgIpc) is 2.77. The molecule has 0 aromatic heterocycles. The van der Waals surface area contributed by atoms with Crippen molar-refractivity contribution in [1.82, 2.24) is 4.90 Å². The van der Waals surface area contributed by atoms with Crippen LogP contribution in [0.4, 0.5) is 0 Å². The van der Waals surface area contributed by atoms with Crippen LogP contribution in [0, 0.1) is 6.92 Å². The van der Waals surface area contributed by atoms with Gasteiger partial charge >= 0.3 is 0 Å². The molecule has 100 valence electrons.